The highest BCUT2D eigenvalue weighted by molar-refractivity contribution is 5.80. The first-order chi connectivity index (χ1) is 11.5. The maximum absolute atomic E-state index is 10.5. The fraction of sp³-hybridized carbons (Fsp3) is 0.824. The van der Waals surface area contributed by atoms with E-state index >= 15 is 0 Å². The second kappa shape index (κ2) is 7.09. The van der Waals surface area contributed by atoms with Gasteiger partial charge in [-0.3, -0.25) is 4.99 Å². The predicted octanol–water partition coefficient (Wildman–Crippen LogP) is 1.19. The second-order valence-corrected chi connectivity index (χ2v) is 7.48. The van der Waals surface area contributed by atoms with E-state index in [2.05, 4.69) is 44.2 Å². The van der Waals surface area contributed by atoms with E-state index in [-0.39, 0.29) is 0 Å². The van der Waals surface area contributed by atoms with Crippen LogP contribution in [0, 0.1) is 0 Å². The number of aliphatic hydroxyl groups is 1. The topological polar surface area (TPSA) is 87.4 Å². The Morgan fingerprint density at radius 2 is 2.12 bits per heavy atom. The van der Waals surface area contributed by atoms with Crippen LogP contribution in [0.25, 0.3) is 0 Å². The highest BCUT2D eigenvalue weighted by Crippen LogP contribution is 2.28. The Bertz CT molecular complexity index is 588. The lowest BCUT2D eigenvalue weighted by molar-refractivity contribution is 0.0521. The average Bonchev–Trinajstić information content (AvgIpc) is 3.17. The Kier molecular flexibility index (Phi) is 5.08. The first-order valence-corrected chi connectivity index (χ1v) is 9.12. The smallest absolute Gasteiger partial charge is 0.191 e. The van der Waals surface area contributed by atoms with Gasteiger partial charge in [-0.2, -0.15) is 0 Å². The van der Waals surface area contributed by atoms with Crippen LogP contribution in [0.5, 0.6) is 0 Å². The number of rotatable bonds is 4. The highest BCUT2D eigenvalue weighted by Gasteiger charge is 2.31. The van der Waals surface area contributed by atoms with Crippen molar-refractivity contribution >= 4 is 5.96 Å². The number of aryl methyl sites for hydroxylation is 1. The molecule has 0 aromatic carbocycles. The monoisotopic (exact) mass is 334 g/mol. The van der Waals surface area contributed by atoms with E-state index in [1.54, 1.807) is 7.05 Å². The number of hydrogen-bond donors (Lipinski definition) is 3. The van der Waals surface area contributed by atoms with Crippen molar-refractivity contribution in [3.8, 4) is 0 Å². The van der Waals surface area contributed by atoms with Crippen molar-refractivity contribution in [1.29, 1.82) is 0 Å². The molecule has 0 saturated heterocycles. The minimum Gasteiger partial charge on any atom is -0.388 e. The Morgan fingerprint density at radius 1 is 1.38 bits per heavy atom. The van der Waals surface area contributed by atoms with Crippen molar-refractivity contribution < 1.29 is 5.11 Å². The van der Waals surface area contributed by atoms with Gasteiger partial charge in [-0.05, 0) is 19.3 Å². The van der Waals surface area contributed by atoms with Gasteiger partial charge in [0.1, 0.15) is 11.6 Å². The molecule has 1 unspecified atom stereocenters. The largest absolute Gasteiger partial charge is 0.388 e. The molecule has 1 aliphatic carbocycles. The first kappa shape index (κ1) is 17.2. The fourth-order valence-electron chi connectivity index (χ4n) is 3.74. The summed E-state index contributed by atoms with van der Waals surface area (Å²) in [7, 11) is 1.78. The van der Waals surface area contributed by atoms with Crippen molar-refractivity contribution in [1.82, 2.24) is 25.4 Å². The summed E-state index contributed by atoms with van der Waals surface area (Å²) in [4.78, 5) is 4.32. The summed E-state index contributed by atoms with van der Waals surface area (Å²) in [6, 6.07) is 0.301. The molecule has 1 fully saturated rings. The minimum atomic E-state index is -0.573. The van der Waals surface area contributed by atoms with Gasteiger partial charge in [0.05, 0.1) is 5.60 Å². The van der Waals surface area contributed by atoms with E-state index in [0.29, 0.717) is 18.5 Å². The maximum atomic E-state index is 10.5. The number of fused-ring (bicyclic) bond motifs is 1. The number of nitrogens with one attached hydrogen (secondary N) is 2. The van der Waals surface area contributed by atoms with Gasteiger partial charge in [0.2, 0.25) is 0 Å². The lowest BCUT2D eigenvalue weighted by Crippen LogP contribution is -2.50. The van der Waals surface area contributed by atoms with Crippen LogP contribution in [0.15, 0.2) is 4.99 Å². The Hall–Kier alpha value is -1.63. The predicted molar refractivity (Wildman–Crippen MR) is 94.1 cm³/mol. The number of guanidine groups is 1. The Balaban J connectivity index is 1.58. The van der Waals surface area contributed by atoms with Gasteiger partial charge >= 0.3 is 0 Å². The van der Waals surface area contributed by atoms with Gasteiger partial charge in [0, 0.05) is 38.5 Å². The molecule has 0 spiro atoms. The highest BCUT2D eigenvalue weighted by atomic mass is 16.3. The lowest BCUT2D eigenvalue weighted by Gasteiger charge is -2.29. The van der Waals surface area contributed by atoms with Crippen LogP contribution < -0.4 is 10.6 Å². The molecule has 7 heteroatoms. The van der Waals surface area contributed by atoms with E-state index in [4.69, 9.17) is 0 Å². The zero-order valence-corrected chi connectivity index (χ0v) is 15.0. The van der Waals surface area contributed by atoms with Gasteiger partial charge in [0.15, 0.2) is 5.96 Å². The van der Waals surface area contributed by atoms with E-state index in [0.717, 1.165) is 62.7 Å². The summed E-state index contributed by atoms with van der Waals surface area (Å²) < 4.78 is 2.24. The van der Waals surface area contributed by atoms with Gasteiger partial charge < -0.3 is 20.3 Å². The molecule has 1 aromatic rings. The Morgan fingerprint density at radius 3 is 2.79 bits per heavy atom. The first-order valence-electron chi connectivity index (χ1n) is 9.12. The van der Waals surface area contributed by atoms with Crippen molar-refractivity contribution in [2.75, 3.05) is 13.6 Å². The molecule has 1 saturated carbocycles. The third kappa shape index (κ3) is 3.71. The van der Waals surface area contributed by atoms with E-state index in [1.165, 1.54) is 0 Å². The number of nitrogens with zero attached hydrogens (tertiary/aromatic N) is 4. The summed E-state index contributed by atoms with van der Waals surface area (Å²) in [5.41, 5.74) is -0.573. The lowest BCUT2D eigenvalue weighted by atomic mass is 10.0. The van der Waals surface area contributed by atoms with Crippen LogP contribution in [0.4, 0.5) is 0 Å². The molecule has 7 nitrogen and oxygen atoms in total. The molecule has 3 N–H and O–H groups in total. The van der Waals surface area contributed by atoms with Crippen LogP contribution in [-0.2, 0) is 13.0 Å². The molecule has 134 valence electrons. The molecular weight excluding hydrogens is 304 g/mol. The minimum absolute atomic E-state index is 0.301. The molecule has 24 heavy (non-hydrogen) atoms. The quantitative estimate of drug-likeness (QED) is 0.569. The second-order valence-electron chi connectivity index (χ2n) is 7.48. The van der Waals surface area contributed by atoms with E-state index in [9.17, 15) is 5.11 Å². The molecule has 1 atom stereocenters. The van der Waals surface area contributed by atoms with Crippen molar-refractivity contribution in [2.45, 2.75) is 76.5 Å². The average molecular weight is 334 g/mol. The van der Waals surface area contributed by atoms with Gasteiger partial charge in [-0.1, -0.05) is 26.7 Å². The molecule has 2 aliphatic rings. The van der Waals surface area contributed by atoms with Crippen molar-refractivity contribution in [3.63, 3.8) is 0 Å². The number of aromatic nitrogens is 3. The summed E-state index contributed by atoms with van der Waals surface area (Å²) in [6.07, 6.45) is 5.92. The number of aliphatic imine (C=N–C) groups is 1. The summed E-state index contributed by atoms with van der Waals surface area (Å²) in [5.74, 6) is 3.28. The van der Waals surface area contributed by atoms with Crippen LogP contribution >= 0.6 is 0 Å². The molecular formula is C17H30N6O. The van der Waals surface area contributed by atoms with Crippen LogP contribution in [0.2, 0.25) is 0 Å². The SMILES string of the molecule is CN=C(NCC1(O)CCCC1)NC1CCc2nnc(C(C)C)n2C1. The van der Waals surface area contributed by atoms with Crippen molar-refractivity contribution in [3.05, 3.63) is 11.6 Å². The van der Waals surface area contributed by atoms with Gasteiger partial charge in [-0.15, -0.1) is 10.2 Å². The zero-order chi connectivity index (χ0) is 17.2. The molecule has 3 rings (SSSR count). The van der Waals surface area contributed by atoms with Gasteiger partial charge in [-0.25, -0.2) is 0 Å². The molecule has 1 aromatic heterocycles. The van der Waals surface area contributed by atoms with Crippen LogP contribution in [-0.4, -0.2) is 51.1 Å². The summed E-state index contributed by atoms with van der Waals surface area (Å²) in [6.45, 7) is 5.73. The zero-order valence-electron chi connectivity index (χ0n) is 15.0. The van der Waals surface area contributed by atoms with Crippen LogP contribution in [0.1, 0.15) is 63.5 Å². The van der Waals surface area contributed by atoms with E-state index in [1.807, 2.05) is 0 Å². The third-order valence-corrected chi connectivity index (χ3v) is 5.18. The molecule has 2 heterocycles. The summed E-state index contributed by atoms with van der Waals surface area (Å²) >= 11 is 0. The van der Waals surface area contributed by atoms with Crippen LogP contribution in [0.3, 0.4) is 0 Å². The molecule has 0 radical (unpaired) electrons. The van der Waals surface area contributed by atoms with Crippen molar-refractivity contribution in [2.24, 2.45) is 4.99 Å². The van der Waals surface area contributed by atoms with E-state index < -0.39 is 5.60 Å². The Labute approximate surface area is 144 Å². The van der Waals surface area contributed by atoms with Gasteiger partial charge in [0.25, 0.3) is 0 Å². The normalized spacial score (nSPS) is 23.4. The maximum Gasteiger partial charge on any atom is 0.191 e. The number of hydrogen-bond acceptors (Lipinski definition) is 4. The molecule has 1 aliphatic heterocycles. The molecule has 0 bridgehead atoms. The molecule has 0 amide bonds. The summed E-state index contributed by atoms with van der Waals surface area (Å²) in [5, 5.41) is 25.9. The fourth-order valence-corrected chi connectivity index (χ4v) is 3.74. The standard InChI is InChI=1S/C17H30N6O/c1-12(2)15-22-21-14-7-6-13(10-23(14)15)20-16(18-3)19-11-17(24)8-4-5-9-17/h12-13,24H,4-11H2,1-3H3,(H2,18,19,20). The third-order valence-electron chi connectivity index (χ3n) is 5.18.